The molecule has 3 rings (SSSR count). The lowest BCUT2D eigenvalue weighted by atomic mass is 10.1. The number of amides is 2. The van der Waals surface area contributed by atoms with Gasteiger partial charge in [-0.25, -0.2) is 8.42 Å². The van der Waals surface area contributed by atoms with E-state index in [1.165, 1.54) is 24.3 Å². The zero-order valence-electron chi connectivity index (χ0n) is 16.4. The van der Waals surface area contributed by atoms with Crippen molar-refractivity contribution in [3.8, 4) is 0 Å². The van der Waals surface area contributed by atoms with Gasteiger partial charge in [-0.15, -0.1) is 0 Å². The zero-order valence-corrected chi connectivity index (χ0v) is 17.2. The van der Waals surface area contributed by atoms with Crippen LogP contribution in [0.3, 0.4) is 0 Å². The summed E-state index contributed by atoms with van der Waals surface area (Å²) in [7, 11) is -3.56. The fraction of sp³-hybridized carbons (Fsp3) is 0.182. The van der Waals surface area contributed by atoms with Gasteiger partial charge < -0.3 is 15.1 Å². The largest absolute Gasteiger partial charge is 0.455 e. The van der Waals surface area contributed by atoms with Crippen LogP contribution in [0.1, 0.15) is 39.2 Å². The van der Waals surface area contributed by atoms with Crippen LogP contribution in [0.15, 0.2) is 76.0 Å². The standard InChI is InChI=1S/C22H22N2O5S/c1-2-23-21(25)17-8-6-7-16(13-17)14-24-22(26)20-12-11-18(29-20)15-30(27,28)19-9-4-3-5-10-19/h3-13H,2,14-15H2,1H3,(H,23,25)(H,24,26). The van der Waals surface area contributed by atoms with E-state index in [-0.39, 0.29) is 34.6 Å². The molecule has 8 heteroatoms. The summed E-state index contributed by atoms with van der Waals surface area (Å²) in [6, 6.07) is 17.9. The average molecular weight is 426 g/mol. The molecule has 0 radical (unpaired) electrons. The maximum absolute atomic E-state index is 12.4. The first-order valence-electron chi connectivity index (χ1n) is 9.41. The van der Waals surface area contributed by atoms with Gasteiger partial charge in [0.2, 0.25) is 0 Å². The van der Waals surface area contributed by atoms with E-state index in [2.05, 4.69) is 10.6 Å². The number of carbonyl (C=O) groups excluding carboxylic acids is 2. The summed E-state index contributed by atoms with van der Waals surface area (Å²) in [6.45, 7) is 2.57. The Kier molecular flexibility index (Phi) is 6.68. The van der Waals surface area contributed by atoms with E-state index in [1.54, 1.807) is 42.5 Å². The molecule has 30 heavy (non-hydrogen) atoms. The zero-order chi connectivity index (χ0) is 21.6. The van der Waals surface area contributed by atoms with Gasteiger partial charge in [0.1, 0.15) is 11.5 Å². The van der Waals surface area contributed by atoms with Crippen molar-refractivity contribution in [3.05, 3.63) is 89.4 Å². The minimum absolute atomic E-state index is 0.0214. The Balaban J connectivity index is 1.62. The molecular weight excluding hydrogens is 404 g/mol. The lowest BCUT2D eigenvalue weighted by Crippen LogP contribution is -2.24. The Hall–Kier alpha value is -3.39. The van der Waals surface area contributed by atoms with E-state index >= 15 is 0 Å². The molecule has 1 heterocycles. The van der Waals surface area contributed by atoms with E-state index in [1.807, 2.05) is 6.92 Å². The van der Waals surface area contributed by atoms with Crippen molar-refractivity contribution in [1.29, 1.82) is 0 Å². The molecular formula is C22H22N2O5S. The maximum Gasteiger partial charge on any atom is 0.287 e. The highest BCUT2D eigenvalue weighted by Crippen LogP contribution is 2.18. The van der Waals surface area contributed by atoms with E-state index in [0.717, 1.165) is 5.56 Å². The molecule has 0 bridgehead atoms. The Labute approximate surface area is 175 Å². The lowest BCUT2D eigenvalue weighted by molar-refractivity contribution is 0.0921. The van der Waals surface area contributed by atoms with Gasteiger partial charge in [-0.05, 0) is 48.9 Å². The highest BCUT2D eigenvalue weighted by Gasteiger charge is 2.19. The van der Waals surface area contributed by atoms with Crippen molar-refractivity contribution in [2.75, 3.05) is 6.54 Å². The first-order chi connectivity index (χ1) is 14.4. The van der Waals surface area contributed by atoms with Crippen molar-refractivity contribution >= 4 is 21.7 Å². The van der Waals surface area contributed by atoms with Gasteiger partial charge in [-0.3, -0.25) is 9.59 Å². The molecule has 7 nitrogen and oxygen atoms in total. The third kappa shape index (κ3) is 5.36. The van der Waals surface area contributed by atoms with Gasteiger partial charge in [0.15, 0.2) is 15.6 Å². The Morgan fingerprint density at radius 1 is 0.900 bits per heavy atom. The maximum atomic E-state index is 12.4. The van der Waals surface area contributed by atoms with Crippen LogP contribution in [-0.2, 0) is 22.1 Å². The Bertz CT molecular complexity index is 1140. The van der Waals surface area contributed by atoms with Gasteiger partial charge >= 0.3 is 0 Å². The molecule has 0 saturated carbocycles. The number of hydrogen-bond donors (Lipinski definition) is 2. The van der Waals surface area contributed by atoms with Gasteiger partial charge in [-0.1, -0.05) is 30.3 Å². The summed E-state index contributed by atoms with van der Waals surface area (Å²) in [4.78, 5) is 24.5. The van der Waals surface area contributed by atoms with Crippen LogP contribution in [0, 0.1) is 0 Å². The quantitative estimate of drug-likeness (QED) is 0.576. The predicted octanol–water partition coefficient (Wildman–Crippen LogP) is 2.93. The number of furan rings is 1. The van der Waals surface area contributed by atoms with E-state index < -0.39 is 15.7 Å². The molecule has 0 aliphatic heterocycles. The van der Waals surface area contributed by atoms with Crippen LogP contribution in [0.25, 0.3) is 0 Å². The molecule has 156 valence electrons. The van der Waals surface area contributed by atoms with Crippen LogP contribution in [0.4, 0.5) is 0 Å². The average Bonchev–Trinajstić information content (AvgIpc) is 3.21. The van der Waals surface area contributed by atoms with Crippen LogP contribution in [-0.4, -0.2) is 26.8 Å². The third-order valence-corrected chi connectivity index (χ3v) is 5.95. The molecule has 0 saturated heterocycles. The molecule has 2 N–H and O–H groups in total. The molecule has 2 aromatic carbocycles. The summed E-state index contributed by atoms with van der Waals surface area (Å²) >= 11 is 0. The second kappa shape index (κ2) is 9.41. The Morgan fingerprint density at radius 3 is 2.40 bits per heavy atom. The summed E-state index contributed by atoms with van der Waals surface area (Å²) in [5, 5.41) is 5.43. The lowest BCUT2D eigenvalue weighted by Gasteiger charge is -2.07. The van der Waals surface area contributed by atoms with E-state index in [9.17, 15) is 18.0 Å². The fourth-order valence-corrected chi connectivity index (χ4v) is 4.10. The number of hydrogen-bond acceptors (Lipinski definition) is 5. The summed E-state index contributed by atoms with van der Waals surface area (Å²) < 4.78 is 30.3. The number of rotatable bonds is 8. The van der Waals surface area contributed by atoms with E-state index in [4.69, 9.17) is 4.42 Å². The minimum Gasteiger partial charge on any atom is -0.455 e. The first-order valence-corrected chi connectivity index (χ1v) is 11.1. The second-order valence-electron chi connectivity index (χ2n) is 6.58. The topological polar surface area (TPSA) is 105 Å². The second-order valence-corrected chi connectivity index (χ2v) is 8.57. The molecule has 1 aromatic heterocycles. The SMILES string of the molecule is CCNC(=O)c1cccc(CNC(=O)c2ccc(CS(=O)(=O)c3ccccc3)o2)c1. The predicted molar refractivity (Wildman–Crippen MR) is 112 cm³/mol. The number of sulfone groups is 1. The molecule has 0 spiro atoms. The number of nitrogens with one attached hydrogen (secondary N) is 2. The molecule has 0 aliphatic rings. The number of carbonyl (C=O) groups is 2. The van der Waals surface area contributed by atoms with Crippen molar-refractivity contribution in [1.82, 2.24) is 10.6 Å². The fourth-order valence-electron chi connectivity index (χ4n) is 2.83. The molecule has 0 atom stereocenters. The van der Waals surface area contributed by atoms with Crippen molar-refractivity contribution in [2.45, 2.75) is 24.1 Å². The molecule has 3 aromatic rings. The first kappa shape index (κ1) is 21.3. The van der Waals surface area contributed by atoms with Gasteiger partial charge in [0.25, 0.3) is 11.8 Å². The highest BCUT2D eigenvalue weighted by atomic mass is 32.2. The van der Waals surface area contributed by atoms with Crippen LogP contribution in [0.5, 0.6) is 0 Å². The molecule has 0 fully saturated rings. The monoisotopic (exact) mass is 426 g/mol. The molecule has 0 aliphatic carbocycles. The van der Waals surface area contributed by atoms with Gasteiger partial charge in [-0.2, -0.15) is 0 Å². The van der Waals surface area contributed by atoms with Crippen molar-refractivity contribution in [3.63, 3.8) is 0 Å². The van der Waals surface area contributed by atoms with Crippen molar-refractivity contribution in [2.24, 2.45) is 0 Å². The smallest absolute Gasteiger partial charge is 0.287 e. The number of benzene rings is 2. The molecule has 0 unspecified atom stereocenters. The van der Waals surface area contributed by atoms with Crippen LogP contribution < -0.4 is 10.6 Å². The summed E-state index contributed by atoms with van der Waals surface area (Å²) in [5.41, 5.74) is 1.26. The normalized spacial score (nSPS) is 11.1. The van der Waals surface area contributed by atoms with E-state index in [0.29, 0.717) is 12.1 Å². The van der Waals surface area contributed by atoms with Gasteiger partial charge in [0, 0.05) is 18.7 Å². The van der Waals surface area contributed by atoms with Gasteiger partial charge in [0.05, 0.1) is 4.90 Å². The molecule has 2 amide bonds. The highest BCUT2D eigenvalue weighted by molar-refractivity contribution is 7.90. The van der Waals surface area contributed by atoms with Crippen LogP contribution in [0.2, 0.25) is 0 Å². The van der Waals surface area contributed by atoms with Crippen molar-refractivity contribution < 1.29 is 22.4 Å². The Morgan fingerprint density at radius 2 is 1.67 bits per heavy atom. The minimum atomic E-state index is -3.56. The van der Waals surface area contributed by atoms with Crippen LogP contribution >= 0.6 is 0 Å². The summed E-state index contributed by atoms with van der Waals surface area (Å²) in [6.07, 6.45) is 0. The third-order valence-electron chi connectivity index (χ3n) is 4.30. The summed E-state index contributed by atoms with van der Waals surface area (Å²) in [5.74, 6) is -0.781.